The fraction of sp³-hybridized carbons (Fsp3) is 0.133. The topological polar surface area (TPSA) is 61.4 Å². The summed E-state index contributed by atoms with van der Waals surface area (Å²) in [5.41, 5.74) is 2.21. The van der Waals surface area contributed by atoms with E-state index in [1.165, 1.54) is 0 Å². The molecule has 3 N–H and O–H groups in total. The van der Waals surface area contributed by atoms with Crippen LogP contribution in [0.2, 0.25) is 10.0 Å². The minimum absolute atomic E-state index is 0.00145. The Morgan fingerprint density at radius 3 is 2.38 bits per heavy atom. The Hall–Kier alpha value is -1.75. The number of aliphatic hydroxyl groups is 1. The zero-order valence-electron chi connectivity index (χ0n) is 11.1. The Morgan fingerprint density at radius 1 is 1.05 bits per heavy atom. The van der Waals surface area contributed by atoms with E-state index in [1.54, 1.807) is 18.2 Å². The smallest absolute Gasteiger partial charge is 0.319 e. The number of carbonyl (C=O) groups is 1. The van der Waals surface area contributed by atoms with Gasteiger partial charge in [0.1, 0.15) is 0 Å². The molecule has 0 aliphatic rings. The molecule has 0 aromatic heterocycles. The maximum absolute atomic E-state index is 11.8. The Bertz CT molecular complexity index is 630. The second kappa shape index (κ2) is 7.31. The van der Waals surface area contributed by atoms with Crippen molar-refractivity contribution in [1.82, 2.24) is 5.32 Å². The molecule has 0 atom stereocenters. The summed E-state index contributed by atoms with van der Waals surface area (Å²) < 4.78 is 0. The van der Waals surface area contributed by atoms with Gasteiger partial charge >= 0.3 is 6.03 Å². The van der Waals surface area contributed by atoms with E-state index in [0.29, 0.717) is 22.3 Å². The molecule has 0 aliphatic carbocycles. The van der Waals surface area contributed by atoms with Crippen LogP contribution in [-0.4, -0.2) is 11.1 Å². The number of rotatable bonds is 4. The number of nitrogens with one attached hydrogen (secondary N) is 2. The van der Waals surface area contributed by atoms with Crippen LogP contribution in [0.25, 0.3) is 0 Å². The highest BCUT2D eigenvalue weighted by molar-refractivity contribution is 6.35. The van der Waals surface area contributed by atoms with Crippen LogP contribution < -0.4 is 10.6 Å². The van der Waals surface area contributed by atoms with E-state index in [0.717, 1.165) is 11.1 Å². The molecule has 2 aromatic carbocycles. The second-order valence-electron chi connectivity index (χ2n) is 4.41. The third kappa shape index (κ3) is 4.63. The van der Waals surface area contributed by atoms with Gasteiger partial charge in [0.2, 0.25) is 0 Å². The molecule has 4 nitrogen and oxygen atoms in total. The number of hydrogen-bond acceptors (Lipinski definition) is 2. The van der Waals surface area contributed by atoms with Gasteiger partial charge in [-0.3, -0.25) is 0 Å². The van der Waals surface area contributed by atoms with Crippen molar-refractivity contribution in [2.24, 2.45) is 0 Å². The zero-order valence-corrected chi connectivity index (χ0v) is 12.6. The van der Waals surface area contributed by atoms with Gasteiger partial charge in [-0.1, -0.05) is 47.5 Å². The van der Waals surface area contributed by atoms with Crippen LogP contribution in [0.15, 0.2) is 42.5 Å². The number of carbonyl (C=O) groups excluding carboxylic acids is 1. The fourth-order valence-corrected chi connectivity index (χ4v) is 2.04. The Morgan fingerprint density at radius 2 is 1.71 bits per heavy atom. The largest absolute Gasteiger partial charge is 0.392 e. The Kier molecular flexibility index (Phi) is 5.44. The van der Waals surface area contributed by atoms with E-state index in [1.807, 2.05) is 24.3 Å². The molecule has 0 heterocycles. The van der Waals surface area contributed by atoms with Crippen molar-refractivity contribution < 1.29 is 9.90 Å². The number of amides is 2. The molecule has 21 heavy (non-hydrogen) atoms. The molecule has 0 saturated heterocycles. The molecule has 2 rings (SSSR count). The second-order valence-corrected chi connectivity index (χ2v) is 5.25. The summed E-state index contributed by atoms with van der Waals surface area (Å²) in [4.78, 5) is 11.8. The van der Waals surface area contributed by atoms with Crippen molar-refractivity contribution in [1.29, 1.82) is 0 Å². The van der Waals surface area contributed by atoms with Crippen LogP contribution in [0.5, 0.6) is 0 Å². The number of hydrogen-bond donors (Lipinski definition) is 3. The SMILES string of the molecule is O=C(NCc1ccc(CO)cc1)Nc1cc(Cl)ccc1Cl. The maximum Gasteiger partial charge on any atom is 0.319 e. The lowest BCUT2D eigenvalue weighted by molar-refractivity contribution is 0.251. The van der Waals surface area contributed by atoms with E-state index < -0.39 is 0 Å². The Balaban J connectivity index is 1.91. The normalized spacial score (nSPS) is 10.2. The highest BCUT2D eigenvalue weighted by Crippen LogP contribution is 2.25. The fourth-order valence-electron chi connectivity index (χ4n) is 1.70. The summed E-state index contributed by atoms with van der Waals surface area (Å²) in [5, 5.41) is 15.2. The summed E-state index contributed by atoms with van der Waals surface area (Å²) >= 11 is 11.8. The monoisotopic (exact) mass is 324 g/mol. The lowest BCUT2D eigenvalue weighted by Gasteiger charge is -2.09. The Labute approximate surface area is 132 Å². The van der Waals surface area contributed by atoms with E-state index in [2.05, 4.69) is 10.6 Å². The van der Waals surface area contributed by atoms with Crippen molar-refractivity contribution in [3.8, 4) is 0 Å². The number of halogens is 2. The van der Waals surface area contributed by atoms with E-state index >= 15 is 0 Å². The summed E-state index contributed by atoms with van der Waals surface area (Å²) in [6.07, 6.45) is 0. The molecule has 6 heteroatoms. The predicted octanol–water partition coefficient (Wildman–Crippen LogP) is 3.81. The molecule has 0 fully saturated rings. The molecule has 0 saturated carbocycles. The molecule has 110 valence electrons. The first kappa shape index (κ1) is 15.6. The van der Waals surface area contributed by atoms with Gasteiger partial charge < -0.3 is 15.7 Å². The van der Waals surface area contributed by atoms with Crippen molar-refractivity contribution in [2.75, 3.05) is 5.32 Å². The van der Waals surface area contributed by atoms with Gasteiger partial charge in [0, 0.05) is 11.6 Å². The molecule has 2 amide bonds. The van der Waals surface area contributed by atoms with E-state index in [9.17, 15) is 4.79 Å². The highest BCUT2D eigenvalue weighted by Gasteiger charge is 2.06. The van der Waals surface area contributed by atoms with E-state index in [4.69, 9.17) is 28.3 Å². The first-order valence-corrected chi connectivity index (χ1v) is 7.02. The zero-order chi connectivity index (χ0) is 15.2. The van der Waals surface area contributed by atoms with Gasteiger partial charge in [0.15, 0.2) is 0 Å². The third-order valence-corrected chi connectivity index (χ3v) is 3.40. The standard InChI is InChI=1S/C15H14Cl2N2O2/c16-12-5-6-13(17)14(7-12)19-15(21)18-8-10-1-3-11(9-20)4-2-10/h1-7,20H,8-9H2,(H2,18,19,21). The van der Waals surface area contributed by atoms with Crippen molar-refractivity contribution in [3.63, 3.8) is 0 Å². The predicted molar refractivity (Wildman–Crippen MR) is 84.7 cm³/mol. The van der Waals surface area contributed by atoms with Crippen LogP contribution in [-0.2, 0) is 13.2 Å². The van der Waals surface area contributed by atoms with Gasteiger partial charge in [0.25, 0.3) is 0 Å². The average Bonchev–Trinajstić information content (AvgIpc) is 2.49. The van der Waals surface area contributed by atoms with Crippen LogP contribution in [0.4, 0.5) is 10.5 Å². The maximum atomic E-state index is 11.8. The molecule has 2 aromatic rings. The van der Waals surface area contributed by atoms with Crippen LogP contribution in [0.1, 0.15) is 11.1 Å². The van der Waals surface area contributed by atoms with Gasteiger partial charge in [-0.15, -0.1) is 0 Å². The van der Waals surface area contributed by atoms with Gasteiger partial charge in [-0.05, 0) is 29.3 Å². The summed E-state index contributed by atoms with van der Waals surface area (Å²) in [6, 6.07) is 11.8. The molecular weight excluding hydrogens is 311 g/mol. The summed E-state index contributed by atoms with van der Waals surface area (Å²) in [7, 11) is 0. The molecule has 0 aliphatic heterocycles. The summed E-state index contributed by atoms with van der Waals surface area (Å²) in [6.45, 7) is 0.372. The van der Waals surface area contributed by atoms with Gasteiger partial charge in [0.05, 0.1) is 17.3 Å². The molecular formula is C15H14Cl2N2O2. The summed E-state index contributed by atoms with van der Waals surface area (Å²) in [5.74, 6) is 0. The van der Waals surface area contributed by atoms with Crippen molar-refractivity contribution >= 4 is 34.9 Å². The minimum Gasteiger partial charge on any atom is -0.392 e. The quantitative estimate of drug-likeness (QED) is 0.800. The van der Waals surface area contributed by atoms with Crippen LogP contribution in [0, 0.1) is 0 Å². The van der Waals surface area contributed by atoms with Gasteiger partial charge in [-0.25, -0.2) is 4.79 Å². The first-order chi connectivity index (χ1) is 10.1. The lowest BCUT2D eigenvalue weighted by Crippen LogP contribution is -2.28. The third-order valence-electron chi connectivity index (χ3n) is 2.84. The molecule has 0 radical (unpaired) electrons. The minimum atomic E-state index is -0.370. The van der Waals surface area contributed by atoms with Crippen molar-refractivity contribution in [3.05, 3.63) is 63.6 Å². The van der Waals surface area contributed by atoms with Crippen LogP contribution >= 0.6 is 23.2 Å². The number of aliphatic hydroxyl groups excluding tert-OH is 1. The number of benzene rings is 2. The average molecular weight is 325 g/mol. The molecule has 0 unspecified atom stereocenters. The van der Waals surface area contributed by atoms with E-state index in [-0.39, 0.29) is 12.6 Å². The molecule has 0 spiro atoms. The number of anilines is 1. The van der Waals surface area contributed by atoms with Crippen molar-refractivity contribution in [2.45, 2.75) is 13.2 Å². The first-order valence-electron chi connectivity index (χ1n) is 6.27. The van der Waals surface area contributed by atoms with Gasteiger partial charge in [-0.2, -0.15) is 0 Å². The highest BCUT2D eigenvalue weighted by atomic mass is 35.5. The molecule has 0 bridgehead atoms. The number of urea groups is 1. The lowest BCUT2D eigenvalue weighted by atomic mass is 10.1. The van der Waals surface area contributed by atoms with Crippen LogP contribution in [0.3, 0.4) is 0 Å².